The summed E-state index contributed by atoms with van der Waals surface area (Å²) in [6.45, 7) is 0.199. The Hall–Kier alpha value is -2.88. The van der Waals surface area contributed by atoms with E-state index < -0.39 is 59.5 Å². The number of hydrogen-bond donors (Lipinski definition) is 4. The van der Waals surface area contributed by atoms with Crippen LogP contribution in [0.5, 0.6) is 0 Å². The molecule has 2 aliphatic heterocycles. The summed E-state index contributed by atoms with van der Waals surface area (Å²) in [5.74, 6) is -1.01. The van der Waals surface area contributed by atoms with Gasteiger partial charge in [-0.25, -0.2) is 9.98 Å². The van der Waals surface area contributed by atoms with Crippen LogP contribution in [0.15, 0.2) is 46.5 Å². The summed E-state index contributed by atoms with van der Waals surface area (Å²) in [6.07, 6.45) is -5.20. The van der Waals surface area contributed by atoms with Gasteiger partial charge >= 0.3 is 6.18 Å². The van der Waals surface area contributed by atoms with E-state index in [-0.39, 0.29) is 28.2 Å². The number of methoxy groups -OCH3 is 1. The molecule has 5 unspecified atom stereocenters. The molecule has 0 aliphatic carbocycles. The summed E-state index contributed by atoms with van der Waals surface area (Å²) >= 11 is 13.1. The van der Waals surface area contributed by atoms with Gasteiger partial charge in [-0.05, 0) is 24.3 Å². The lowest BCUT2D eigenvalue weighted by Crippen LogP contribution is -2.70. The second-order valence-corrected chi connectivity index (χ2v) is 10.2. The Kier molecular flexibility index (Phi) is 8.73. The second kappa shape index (κ2) is 11.7. The molecule has 7 N–H and O–H groups in total. The van der Waals surface area contributed by atoms with Crippen LogP contribution in [-0.4, -0.2) is 60.8 Å². The normalized spacial score (nSPS) is 26.1. The molecule has 39 heavy (non-hydrogen) atoms. The molecule has 10 nitrogen and oxygen atoms in total. The molecule has 4 rings (SSSR count). The van der Waals surface area contributed by atoms with E-state index in [0.717, 1.165) is 24.3 Å². The fraction of sp³-hybridized carbons (Fsp3) is 0.348. The molecule has 0 bridgehead atoms. The molecule has 5 atom stereocenters. The number of halogens is 5. The lowest BCUT2D eigenvalue weighted by Gasteiger charge is -2.51. The predicted octanol–water partition coefficient (Wildman–Crippen LogP) is 2.97. The number of primary amides is 1. The number of fused-ring (bicyclic) bond motifs is 1. The zero-order valence-corrected chi connectivity index (χ0v) is 22.4. The van der Waals surface area contributed by atoms with Gasteiger partial charge < -0.3 is 36.7 Å². The van der Waals surface area contributed by atoms with Crippen molar-refractivity contribution in [1.82, 2.24) is 10.3 Å². The van der Waals surface area contributed by atoms with Crippen molar-refractivity contribution < 1.29 is 32.2 Å². The molecule has 1 aromatic heterocycles. The van der Waals surface area contributed by atoms with Gasteiger partial charge in [-0.15, -0.1) is 11.3 Å². The van der Waals surface area contributed by atoms with Crippen molar-refractivity contribution in [3.05, 3.63) is 62.3 Å². The third-order valence-corrected chi connectivity index (χ3v) is 7.42. The lowest BCUT2D eigenvalue weighted by molar-refractivity contribution is -0.262. The highest BCUT2D eigenvalue weighted by molar-refractivity contribution is 7.11. The van der Waals surface area contributed by atoms with E-state index in [1.54, 1.807) is 5.38 Å². The summed E-state index contributed by atoms with van der Waals surface area (Å²) in [5, 5.41) is 5.52. The molecule has 0 spiro atoms. The molecule has 2 aliphatic rings. The first-order valence-electron chi connectivity index (χ1n) is 11.2. The topological polar surface area (TPSA) is 160 Å². The number of aliphatic imine (C=N–C) groups is 1. The van der Waals surface area contributed by atoms with Crippen molar-refractivity contribution in [2.45, 2.75) is 36.6 Å². The first-order chi connectivity index (χ1) is 18.4. The number of nitrogens with two attached hydrogens (primary N) is 3. The van der Waals surface area contributed by atoms with E-state index in [1.807, 2.05) is 0 Å². The Morgan fingerprint density at radius 3 is 2.62 bits per heavy atom. The monoisotopic (exact) mass is 606 g/mol. The van der Waals surface area contributed by atoms with Crippen LogP contribution in [0.1, 0.15) is 10.6 Å². The zero-order valence-electron chi connectivity index (χ0n) is 20.1. The van der Waals surface area contributed by atoms with Crippen molar-refractivity contribution in [3.63, 3.8) is 0 Å². The van der Waals surface area contributed by atoms with Crippen molar-refractivity contribution in [2.24, 2.45) is 22.2 Å². The van der Waals surface area contributed by atoms with Crippen LogP contribution >= 0.6 is 34.5 Å². The first-order valence-corrected chi connectivity index (χ1v) is 12.9. The molecule has 16 heteroatoms. The van der Waals surface area contributed by atoms with Crippen LogP contribution in [0.2, 0.25) is 10.2 Å². The molecule has 0 radical (unpaired) electrons. The Morgan fingerprint density at radius 2 is 2.05 bits per heavy atom. The maximum absolute atomic E-state index is 13.8. The third kappa shape index (κ3) is 6.48. The van der Waals surface area contributed by atoms with Crippen molar-refractivity contribution in [1.29, 1.82) is 0 Å². The fourth-order valence-corrected chi connectivity index (χ4v) is 5.14. The van der Waals surface area contributed by atoms with Crippen molar-refractivity contribution in [2.75, 3.05) is 13.7 Å². The minimum absolute atomic E-state index is 0.00992. The van der Waals surface area contributed by atoms with E-state index in [2.05, 4.69) is 15.3 Å². The van der Waals surface area contributed by atoms with Gasteiger partial charge in [-0.1, -0.05) is 23.2 Å². The number of nitrogens with zero attached hydrogens (tertiary/aromatic N) is 2. The Balaban J connectivity index is 1.77. The van der Waals surface area contributed by atoms with Crippen LogP contribution in [0, 0.1) is 0 Å². The Labute approximate surface area is 234 Å². The number of thiazole rings is 1. The van der Waals surface area contributed by atoms with Crippen LogP contribution in [0.3, 0.4) is 0 Å². The Bertz CT molecular complexity index is 1340. The van der Waals surface area contributed by atoms with Gasteiger partial charge in [-0.2, -0.15) is 13.2 Å². The second-order valence-electron chi connectivity index (χ2n) is 8.52. The smallest absolute Gasteiger partial charge is 0.395 e. The minimum atomic E-state index is -4.75. The zero-order chi connectivity index (χ0) is 28.5. The maximum Gasteiger partial charge on any atom is 0.418 e. The number of ether oxygens (including phenoxy) is 3. The average Bonchev–Trinajstić information content (AvgIpc) is 3.28. The number of nitrogens with one attached hydrogen (secondary N) is 1. The van der Waals surface area contributed by atoms with Crippen LogP contribution in [0.25, 0.3) is 5.70 Å². The van der Waals surface area contributed by atoms with E-state index in [9.17, 15) is 18.0 Å². The highest BCUT2D eigenvalue weighted by Gasteiger charge is 2.52. The molecular formula is C23H23Cl2F3N6O4S. The number of alkyl halides is 3. The number of hydrogen-bond acceptors (Lipinski definition) is 10. The van der Waals surface area contributed by atoms with Crippen molar-refractivity contribution >= 4 is 57.5 Å². The highest BCUT2D eigenvalue weighted by Crippen LogP contribution is 2.39. The fourth-order valence-electron chi connectivity index (χ4n) is 4.10. The largest absolute Gasteiger partial charge is 0.418 e. The Morgan fingerprint density at radius 1 is 1.31 bits per heavy atom. The molecule has 0 saturated carbocycles. The highest BCUT2D eigenvalue weighted by atomic mass is 35.5. The molecule has 1 aromatic carbocycles. The van der Waals surface area contributed by atoms with Gasteiger partial charge in [0.25, 0.3) is 5.91 Å². The van der Waals surface area contributed by atoms with Crippen molar-refractivity contribution in [3.8, 4) is 0 Å². The van der Waals surface area contributed by atoms with Gasteiger partial charge in [0.2, 0.25) is 0 Å². The summed E-state index contributed by atoms with van der Waals surface area (Å²) in [5.41, 5.74) is 15.3. The summed E-state index contributed by atoms with van der Waals surface area (Å²) in [4.78, 5) is 20.1. The lowest BCUT2D eigenvalue weighted by atomic mass is 9.87. The minimum Gasteiger partial charge on any atom is -0.395 e. The van der Waals surface area contributed by atoms with Gasteiger partial charge in [0.05, 0.1) is 41.0 Å². The molecule has 210 valence electrons. The van der Waals surface area contributed by atoms with Crippen LogP contribution in [-0.2, 0) is 25.2 Å². The van der Waals surface area contributed by atoms with Gasteiger partial charge in [0, 0.05) is 23.7 Å². The van der Waals surface area contributed by atoms with Crippen LogP contribution in [0.4, 0.5) is 18.9 Å². The SMILES string of the molecule is COC1C(C(C=C(N)C(N)=O)=Nc2cc(Cl)ccc2C(F)(F)F)OC2COC2C1N/C=C(\N)c1nc(Cl)cs1. The molecular weight excluding hydrogens is 584 g/mol. The van der Waals surface area contributed by atoms with Gasteiger partial charge in [-0.3, -0.25) is 4.79 Å². The molecule has 1 amide bonds. The quantitative estimate of drug-likeness (QED) is 0.263. The van der Waals surface area contributed by atoms with E-state index in [4.69, 9.17) is 54.6 Å². The number of benzene rings is 1. The number of carbonyl (C=O) groups excluding carboxylic acids is 1. The average molecular weight is 607 g/mol. The summed E-state index contributed by atoms with van der Waals surface area (Å²) in [7, 11) is 1.38. The summed E-state index contributed by atoms with van der Waals surface area (Å²) in [6, 6.07) is 2.32. The maximum atomic E-state index is 13.8. The predicted molar refractivity (Wildman–Crippen MR) is 140 cm³/mol. The van der Waals surface area contributed by atoms with E-state index in [0.29, 0.717) is 5.01 Å². The van der Waals surface area contributed by atoms with E-state index in [1.165, 1.54) is 24.6 Å². The standard InChI is InChI=1S/C23H23Cl2F3N6O4S/c1-36-20-17(32-6-12(30)22-34-16(25)8-39-22)19-15(7-37-19)38-18(20)14(5-11(29)21(31)35)33-13-4-9(24)2-3-10(13)23(26,27)28/h2-6,8,15,17-20,32H,7,29-30H2,1H3,(H2,31,35)/b11-5?,12-6-,33-14?. The number of carbonyl (C=O) groups is 1. The number of aromatic nitrogens is 1. The van der Waals surface area contributed by atoms with E-state index >= 15 is 0 Å². The summed E-state index contributed by atoms with van der Waals surface area (Å²) < 4.78 is 58.8. The molecule has 3 heterocycles. The van der Waals surface area contributed by atoms with Gasteiger partial charge in [0.1, 0.15) is 34.6 Å². The first kappa shape index (κ1) is 29.1. The molecule has 2 saturated heterocycles. The number of rotatable bonds is 8. The number of amides is 1. The molecule has 2 fully saturated rings. The van der Waals surface area contributed by atoms with Crippen LogP contribution < -0.4 is 22.5 Å². The molecule has 2 aromatic rings. The third-order valence-electron chi connectivity index (χ3n) is 5.97. The van der Waals surface area contributed by atoms with Gasteiger partial charge in [0.15, 0.2) is 0 Å².